The number of aromatic nitrogens is 1. The first kappa shape index (κ1) is 19.2. The number of aryl methyl sites for hydroxylation is 1. The molecular formula is C25H29N3O2. The molecule has 2 aliphatic rings. The standard InChI is InChI=1S/C25H29N3O2/c1-26-13-18(15-28(25(29)30)14-17-7-4-3-5-8-17)11-21-20-9-6-10-22-24(20)19(12-23(21)26)16-27(22)2/h3-10,16,18,21,23H,11-15H2,1-2H3,(H,29,30)/t18?,21-,23-/m1/s1. The van der Waals surface area contributed by atoms with Crippen LogP contribution in [0.25, 0.3) is 10.9 Å². The first-order chi connectivity index (χ1) is 14.5. The molecule has 0 bridgehead atoms. The number of piperidine rings is 1. The van der Waals surface area contributed by atoms with Crippen molar-refractivity contribution in [1.82, 2.24) is 14.4 Å². The Bertz CT molecular complexity index is 1070. The van der Waals surface area contributed by atoms with E-state index >= 15 is 0 Å². The molecule has 5 rings (SSSR count). The molecule has 3 aromatic rings. The maximum atomic E-state index is 12.0. The van der Waals surface area contributed by atoms with Crippen molar-refractivity contribution in [3.8, 4) is 0 Å². The number of nitrogens with zero attached hydrogens (tertiary/aromatic N) is 3. The Hall–Kier alpha value is -2.79. The molecule has 1 amide bonds. The van der Waals surface area contributed by atoms with Gasteiger partial charge in [0.25, 0.3) is 0 Å². The molecule has 2 heterocycles. The van der Waals surface area contributed by atoms with Gasteiger partial charge in [-0.1, -0.05) is 42.5 Å². The van der Waals surface area contributed by atoms with Crippen LogP contribution in [0.2, 0.25) is 0 Å². The second-order valence-electron chi connectivity index (χ2n) is 9.07. The second-order valence-corrected chi connectivity index (χ2v) is 9.07. The highest BCUT2D eigenvalue weighted by atomic mass is 16.4. The van der Waals surface area contributed by atoms with Crippen molar-refractivity contribution in [2.45, 2.75) is 31.3 Å². The Morgan fingerprint density at radius 2 is 1.93 bits per heavy atom. The van der Waals surface area contributed by atoms with Gasteiger partial charge in [-0.25, -0.2) is 4.79 Å². The number of benzene rings is 2. The third-order valence-electron chi connectivity index (χ3n) is 7.08. The molecule has 3 atom stereocenters. The molecule has 5 heteroatoms. The number of carboxylic acid groups (broad SMARTS) is 1. The lowest BCUT2D eigenvalue weighted by Gasteiger charge is -2.46. The summed E-state index contributed by atoms with van der Waals surface area (Å²) in [7, 11) is 4.34. The van der Waals surface area contributed by atoms with Crippen LogP contribution in [0.5, 0.6) is 0 Å². The number of hydrogen-bond acceptors (Lipinski definition) is 2. The van der Waals surface area contributed by atoms with Crippen LogP contribution in [0, 0.1) is 5.92 Å². The van der Waals surface area contributed by atoms with E-state index < -0.39 is 6.09 Å². The number of fused-ring (bicyclic) bond motifs is 2. The van der Waals surface area contributed by atoms with Gasteiger partial charge < -0.3 is 19.5 Å². The zero-order valence-electron chi connectivity index (χ0n) is 17.7. The molecule has 0 radical (unpaired) electrons. The van der Waals surface area contributed by atoms with Crippen molar-refractivity contribution < 1.29 is 9.90 Å². The van der Waals surface area contributed by atoms with E-state index in [9.17, 15) is 9.90 Å². The number of likely N-dealkylation sites (tertiary alicyclic amines) is 1. The highest BCUT2D eigenvalue weighted by molar-refractivity contribution is 5.89. The lowest BCUT2D eigenvalue weighted by Crippen LogP contribution is -2.50. The van der Waals surface area contributed by atoms with Gasteiger partial charge in [-0.2, -0.15) is 0 Å². The molecule has 1 aliphatic carbocycles. The maximum absolute atomic E-state index is 12.0. The lowest BCUT2D eigenvalue weighted by molar-refractivity contribution is 0.0804. The summed E-state index contributed by atoms with van der Waals surface area (Å²) in [6.07, 6.45) is 3.58. The van der Waals surface area contributed by atoms with E-state index in [1.54, 1.807) is 4.90 Å². The summed E-state index contributed by atoms with van der Waals surface area (Å²) in [5.41, 5.74) is 5.24. The van der Waals surface area contributed by atoms with Crippen LogP contribution in [-0.2, 0) is 20.0 Å². The molecule has 1 fully saturated rings. The van der Waals surface area contributed by atoms with Gasteiger partial charge in [-0.15, -0.1) is 0 Å². The minimum absolute atomic E-state index is 0.330. The molecular weight excluding hydrogens is 374 g/mol. The van der Waals surface area contributed by atoms with E-state index in [-0.39, 0.29) is 0 Å². The normalized spacial score (nSPS) is 23.3. The van der Waals surface area contributed by atoms with Crippen molar-refractivity contribution >= 4 is 17.0 Å². The molecule has 1 saturated heterocycles. The van der Waals surface area contributed by atoms with E-state index in [0.717, 1.165) is 24.9 Å². The van der Waals surface area contributed by atoms with Gasteiger partial charge in [0.1, 0.15) is 0 Å². The molecule has 1 aromatic heterocycles. The Kier molecular flexibility index (Phi) is 4.78. The molecule has 0 spiro atoms. The van der Waals surface area contributed by atoms with E-state index in [0.29, 0.717) is 31.0 Å². The van der Waals surface area contributed by atoms with Crippen LogP contribution < -0.4 is 0 Å². The predicted molar refractivity (Wildman–Crippen MR) is 119 cm³/mol. The number of carbonyl (C=O) groups is 1. The van der Waals surface area contributed by atoms with Crippen molar-refractivity contribution in [3.05, 3.63) is 71.4 Å². The van der Waals surface area contributed by atoms with Crippen LogP contribution in [0.4, 0.5) is 4.79 Å². The Labute approximate surface area is 177 Å². The van der Waals surface area contributed by atoms with Gasteiger partial charge in [0.15, 0.2) is 0 Å². The molecule has 2 aromatic carbocycles. The summed E-state index contributed by atoms with van der Waals surface area (Å²) < 4.78 is 2.25. The zero-order valence-corrected chi connectivity index (χ0v) is 17.7. The summed E-state index contributed by atoms with van der Waals surface area (Å²) in [5.74, 6) is 0.788. The SMILES string of the molecule is CN1CC(CN(Cc2ccccc2)C(=O)O)C[C@@H]2c3cccc4c3c(cn4C)C[C@H]21. The van der Waals surface area contributed by atoms with Crippen molar-refractivity contribution in [2.75, 3.05) is 20.1 Å². The number of hydrogen-bond donors (Lipinski definition) is 1. The van der Waals surface area contributed by atoms with E-state index in [1.165, 1.54) is 22.0 Å². The molecule has 1 N–H and O–H groups in total. The predicted octanol–water partition coefficient (Wildman–Crippen LogP) is 4.32. The first-order valence-corrected chi connectivity index (χ1v) is 10.8. The number of rotatable bonds is 4. The monoisotopic (exact) mass is 403 g/mol. The minimum Gasteiger partial charge on any atom is -0.465 e. The van der Waals surface area contributed by atoms with Gasteiger partial charge >= 0.3 is 6.09 Å². The zero-order chi connectivity index (χ0) is 20.8. The van der Waals surface area contributed by atoms with Crippen LogP contribution in [0.1, 0.15) is 29.0 Å². The summed E-state index contributed by atoms with van der Waals surface area (Å²) in [6.45, 7) is 1.97. The van der Waals surface area contributed by atoms with Crippen LogP contribution in [-0.4, -0.2) is 51.7 Å². The summed E-state index contributed by atoms with van der Waals surface area (Å²) in [4.78, 5) is 16.0. The van der Waals surface area contributed by atoms with Crippen molar-refractivity contribution in [1.29, 1.82) is 0 Å². The highest BCUT2D eigenvalue weighted by Crippen LogP contribution is 2.44. The molecule has 1 unspecified atom stereocenters. The van der Waals surface area contributed by atoms with Gasteiger partial charge in [0, 0.05) is 55.7 Å². The fourth-order valence-corrected chi connectivity index (χ4v) is 5.79. The fraction of sp³-hybridized carbons (Fsp3) is 0.400. The molecule has 30 heavy (non-hydrogen) atoms. The second kappa shape index (κ2) is 7.47. The molecule has 156 valence electrons. The van der Waals surface area contributed by atoms with Gasteiger partial charge in [-0.3, -0.25) is 0 Å². The fourth-order valence-electron chi connectivity index (χ4n) is 5.79. The van der Waals surface area contributed by atoms with Crippen molar-refractivity contribution in [2.24, 2.45) is 13.0 Å². The minimum atomic E-state index is -0.834. The van der Waals surface area contributed by atoms with Crippen LogP contribution in [0.15, 0.2) is 54.7 Å². The topological polar surface area (TPSA) is 48.7 Å². The summed E-state index contributed by atoms with van der Waals surface area (Å²) >= 11 is 0. The number of likely N-dealkylation sites (N-methyl/N-ethyl adjacent to an activating group) is 1. The largest absolute Gasteiger partial charge is 0.465 e. The smallest absolute Gasteiger partial charge is 0.407 e. The van der Waals surface area contributed by atoms with Crippen LogP contribution in [0.3, 0.4) is 0 Å². The summed E-state index contributed by atoms with van der Waals surface area (Å²) in [6, 6.07) is 17.1. The Morgan fingerprint density at radius 3 is 2.70 bits per heavy atom. The van der Waals surface area contributed by atoms with E-state index in [4.69, 9.17) is 0 Å². The lowest BCUT2D eigenvalue weighted by atomic mass is 9.72. The highest BCUT2D eigenvalue weighted by Gasteiger charge is 2.40. The van der Waals surface area contributed by atoms with Crippen LogP contribution >= 0.6 is 0 Å². The first-order valence-electron chi connectivity index (χ1n) is 10.8. The van der Waals surface area contributed by atoms with Gasteiger partial charge in [0.05, 0.1) is 0 Å². The van der Waals surface area contributed by atoms with Gasteiger partial charge in [-0.05, 0) is 48.6 Å². The van der Waals surface area contributed by atoms with E-state index in [2.05, 4.69) is 48.0 Å². The third kappa shape index (κ3) is 3.27. The molecule has 5 nitrogen and oxygen atoms in total. The quantitative estimate of drug-likeness (QED) is 0.706. The van der Waals surface area contributed by atoms with E-state index in [1.807, 2.05) is 30.3 Å². The summed E-state index contributed by atoms with van der Waals surface area (Å²) in [5, 5.41) is 11.3. The molecule has 0 saturated carbocycles. The van der Waals surface area contributed by atoms with Gasteiger partial charge in [0.2, 0.25) is 0 Å². The third-order valence-corrected chi connectivity index (χ3v) is 7.08. The molecule has 1 aliphatic heterocycles. The Morgan fingerprint density at radius 1 is 1.13 bits per heavy atom. The number of amides is 1. The van der Waals surface area contributed by atoms with Crippen molar-refractivity contribution in [3.63, 3.8) is 0 Å². The maximum Gasteiger partial charge on any atom is 0.407 e. The average molecular weight is 404 g/mol. The average Bonchev–Trinajstić information content (AvgIpc) is 3.06. The Balaban J connectivity index is 1.40.